The molecular formula is C13H12N4O2. The van der Waals surface area contributed by atoms with Crippen molar-refractivity contribution in [3.8, 4) is 0 Å². The number of hydrogen-bond donors (Lipinski definition) is 1. The Bertz CT molecular complexity index is 567. The summed E-state index contributed by atoms with van der Waals surface area (Å²) < 4.78 is 0. The van der Waals surface area contributed by atoms with Crippen molar-refractivity contribution in [1.29, 1.82) is 0 Å². The van der Waals surface area contributed by atoms with E-state index in [1.54, 1.807) is 6.21 Å². The van der Waals surface area contributed by atoms with E-state index in [0.29, 0.717) is 12.2 Å². The molecule has 0 fully saturated rings. The first kappa shape index (κ1) is 12.7. The van der Waals surface area contributed by atoms with E-state index in [9.17, 15) is 10.1 Å². The van der Waals surface area contributed by atoms with Crippen molar-refractivity contribution in [1.82, 2.24) is 4.98 Å². The zero-order chi connectivity index (χ0) is 13.5. The van der Waals surface area contributed by atoms with Crippen LogP contribution in [-0.4, -0.2) is 16.1 Å². The predicted molar refractivity (Wildman–Crippen MR) is 73.2 cm³/mol. The van der Waals surface area contributed by atoms with Crippen LogP contribution in [0.3, 0.4) is 0 Å². The van der Waals surface area contributed by atoms with Crippen LogP contribution in [0.1, 0.15) is 5.56 Å². The first-order valence-corrected chi connectivity index (χ1v) is 5.67. The number of rotatable bonds is 5. The summed E-state index contributed by atoms with van der Waals surface area (Å²) in [6.07, 6.45) is 3.62. The largest absolute Gasteiger partial charge is 0.287 e. The molecule has 0 aliphatic rings. The van der Waals surface area contributed by atoms with Gasteiger partial charge in [-0.1, -0.05) is 30.3 Å². The smallest absolute Gasteiger partial charge is 0.262 e. The van der Waals surface area contributed by atoms with E-state index < -0.39 is 4.92 Å². The topological polar surface area (TPSA) is 80.4 Å². The van der Waals surface area contributed by atoms with Crippen LogP contribution in [0.2, 0.25) is 0 Å². The fourth-order valence-electron chi connectivity index (χ4n) is 1.44. The molecule has 19 heavy (non-hydrogen) atoms. The molecule has 96 valence electrons. The standard InChI is InChI=1S/C13H12N4O2/c18-17(19)12-6-7-13(14-10-12)16-15-9-8-11-4-2-1-3-5-11/h1-7,9-10H,8H2,(H,14,16)/b15-9+. The number of nitrogens with one attached hydrogen (secondary N) is 1. The molecule has 0 aliphatic heterocycles. The molecule has 0 amide bonds. The van der Waals surface area contributed by atoms with Gasteiger partial charge < -0.3 is 0 Å². The Hall–Kier alpha value is -2.76. The highest BCUT2D eigenvalue weighted by atomic mass is 16.6. The second-order valence-electron chi connectivity index (χ2n) is 3.77. The lowest BCUT2D eigenvalue weighted by Gasteiger charge is -1.98. The van der Waals surface area contributed by atoms with Crippen LogP contribution in [0.15, 0.2) is 53.8 Å². The SMILES string of the molecule is O=[N+]([O-])c1ccc(N/N=C/Cc2ccccc2)nc1. The molecule has 2 rings (SSSR count). The molecule has 0 aliphatic carbocycles. The third-order valence-corrected chi connectivity index (χ3v) is 2.40. The van der Waals surface area contributed by atoms with Gasteiger partial charge in [0.05, 0.1) is 4.92 Å². The second-order valence-corrected chi connectivity index (χ2v) is 3.77. The summed E-state index contributed by atoms with van der Waals surface area (Å²) in [7, 11) is 0. The summed E-state index contributed by atoms with van der Waals surface area (Å²) in [5.74, 6) is 0.468. The minimum Gasteiger partial charge on any atom is -0.262 e. The van der Waals surface area contributed by atoms with E-state index in [1.807, 2.05) is 30.3 Å². The number of nitro groups is 1. The minimum atomic E-state index is -0.491. The van der Waals surface area contributed by atoms with Crippen molar-refractivity contribution in [3.63, 3.8) is 0 Å². The van der Waals surface area contributed by atoms with Crippen LogP contribution in [0.25, 0.3) is 0 Å². The number of aromatic nitrogens is 1. The highest BCUT2D eigenvalue weighted by Crippen LogP contribution is 2.11. The summed E-state index contributed by atoms with van der Waals surface area (Å²) in [6, 6.07) is 12.8. The highest BCUT2D eigenvalue weighted by molar-refractivity contribution is 5.62. The molecule has 1 aromatic carbocycles. The lowest BCUT2D eigenvalue weighted by molar-refractivity contribution is -0.385. The average molecular weight is 256 g/mol. The van der Waals surface area contributed by atoms with Gasteiger partial charge in [-0.15, -0.1) is 0 Å². The van der Waals surface area contributed by atoms with Gasteiger partial charge in [-0.25, -0.2) is 4.98 Å². The Labute approximate surface area is 110 Å². The summed E-state index contributed by atoms with van der Waals surface area (Å²) >= 11 is 0. The highest BCUT2D eigenvalue weighted by Gasteiger charge is 2.03. The van der Waals surface area contributed by atoms with Crippen molar-refractivity contribution in [3.05, 3.63) is 64.3 Å². The van der Waals surface area contributed by atoms with Crippen molar-refractivity contribution < 1.29 is 4.92 Å². The summed E-state index contributed by atoms with van der Waals surface area (Å²) in [5, 5.41) is 14.4. The van der Waals surface area contributed by atoms with Gasteiger partial charge in [0, 0.05) is 18.7 Å². The molecule has 0 saturated carbocycles. The molecule has 1 N–H and O–H groups in total. The van der Waals surface area contributed by atoms with Crippen LogP contribution in [0, 0.1) is 10.1 Å². The maximum Gasteiger partial charge on any atom is 0.287 e. The third-order valence-electron chi connectivity index (χ3n) is 2.40. The van der Waals surface area contributed by atoms with Gasteiger partial charge in [-0.05, 0) is 11.6 Å². The fraction of sp³-hybridized carbons (Fsp3) is 0.0769. The van der Waals surface area contributed by atoms with Crippen molar-refractivity contribution in [2.24, 2.45) is 5.10 Å². The predicted octanol–water partition coefficient (Wildman–Crippen LogP) is 2.63. The van der Waals surface area contributed by atoms with Gasteiger partial charge in [0.25, 0.3) is 5.69 Å². The number of anilines is 1. The quantitative estimate of drug-likeness (QED) is 0.506. The maximum absolute atomic E-state index is 10.4. The Morgan fingerprint density at radius 1 is 1.26 bits per heavy atom. The number of hydrazone groups is 1. The van der Waals surface area contributed by atoms with Gasteiger partial charge in [-0.3, -0.25) is 15.5 Å². The zero-order valence-corrected chi connectivity index (χ0v) is 10.1. The van der Waals surface area contributed by atoms with Crippen LogP contribution in [0.4, 0.5) is 11.5 Å². The van der Waals surface area contributed by atoms with E-state index >= 15 is 0 Å². The van der Waals surface area contributed by atoms with E-state index in [0.717, 1.165) is 5.56 Å². The molecule has 6 heteroatoms. The number of hydrogen-bond acceptors (Lipinski definition) is 5. The summed E-state index contributed by atoms with van der Waals surface area (Å²) in [5.41, 5.74) is 3.83. The summed E-state index contributed by atoms with van der Waals surface area (Å²) in [4.78, 5) is 13.8. The number of pyridine rings is 1. The molecular weight excluding hydrogens is 244 g/mol. The molecule has 0 spiro atoms. The van der Waals surface area contributed by atoms with Crippen LogP contribution in [0.5, 0.6) is 0 Å². The molecule has 0 bridgehead atoms. The third kappa shape index (κ3) is 3.88. The minimum absolute atomic E-state index is 0.0428. The van der Waals surface area contributed by atoms with Gasteiger partial charge in [0.15, 0.2) is 0 Å². The van der Waals surface area contributed by atoms with Crippen molar-refractivity contribution >= 4 is 17.7 Å². The molecule has 0 saturated heterocycles. The van der Waals surface area contributed by atoms with Gasteiger partial charge in [0.2, 0.25) is 0 Å². The van der Waals surface area contributed by atoms with Crippen LogP contribution in [-0.2, 0) is 6.42 Å². The zero-order valence-electron chi connectivity index (χ0n) is 10.1. The number of benzene rings is 1. The molecule has 1 aromatic heterocycles. The van der Waals surface area contributed by atoms with Gasteiger partial charge in [0.1, 0.15) is 12.0 Å². The molecule has 0 radical (unpaired) electrons. The Balaban J connectivity index is 1.86. The van der Waals surface area contributed by atoms with Gasteiger partial charge in [-0.2, -0.15) is 5.10 Å². The maximum atomic E-state index is 10.4. The monoisotopic (exact) mass is 256 g/mol. The second kappa shape index (κ2) is 6.25. The molecule has 1 heterocycles. The summed E-state index contributed by atoms with van der Waals surface area (Å²) in [6.45, 7) is 0. The lowest BCUT2D eigenvalue weighted by Crippen LogP contribution is -1.95. The first-order valence-electron chi connectivity index (χ1n) is 5.67. The molecule has 2 aromatic rings. The van der Waals surface area contributed by atoms with Crippen molar-refractivity contribution in [2.75, 3.05) is 5.43 Å². The molecule has 6 nitrogen and oxygen atoms in total. The Morgan fingerprint density at radius 3 is 2.68 bits per heavy atom. The van der Waals surface area contributed by atoms with Crippen molar-refractivity contribution in [2.45, 2.75) is 6.42 Å². The van der Waals surface area contributed by atoms with Crippen LogP contribution >= 0.6 is 0 Å². The van der Waals surface area contributed by atoms with E-state index in [2.05, 4.69) is 15.5 Å². The fourth-order valence-corrected chi connectivity index (χ4v) is 1.44. The Kier molecular flexibility index (Phi) is 4.17. The van der Waals surface area contributed by atoms with E-state index in [1.165, 1.54) is 18.3 Å². The molecule has 0 unspecified atom stereocenters. The molecule has 0 atom stereocenters. The normalized spacial score (nSPS) is 10.5. The van der Waals surface area contributed by atoms with E-state index in [-0.39, 0.29) is 5.69 Å². The lowest BCUT2D eigenvalue weighted by atomic mass is 10.2. The van der Waals surface area contributed by atoms with E-state index in [4.69, 9.17) is 0 Å². The Morgan fingerprint density at radius 2 is 2.05 bits per heavy atom. The van der Waals surface area contributed by atoms with Gasteiger partial charge >= 0.3 is 0 Å². The number of nitrogens with zero attached hydrogens (tertiary/aromatic N) is 3. The van der Waals surface area contributed by atoms with Crippen LogP contribution < -0.4 is 5.43 Å². The first-order chi connectivity index (χ1) is 9.25. The average Bonchev–Trinajstić information content (AvgIpc) is 2.45.